The second-order valence-corrected chi connectivity index (χ2v) is 6.56. The van der Waals surface area contributed by atoms with E-state index in [0.29, 0.717) is 28.3 Å². The number of benzene rings is 3. The highest BCUT2D eigenvalue weighted by Gasteiger charge is 2.36. The van der Waals surface area contributed by atoms with Crippen LogP contribution in [0, 0.1) is 6.92 Å². The monoisotopic (exact) mass is 387 g/mol. The first kappa shape index (κ1) is 18.4. The van der Waals surface area contributed by atoms with Gasteiger partial charge in [-0.05, 0) is 55.5 Å². The van der Waals surface area contributed by atoms with E-state index in [-0.39, 0.29) is 18.4 Å². The van der Waals surface area contributed by atoms with Gasteiger partial charge in [-0.3, -0.25) is 9.59 Å². The standard InChI is InChI=1S/C23H17NO5/c1-15-6-10-17(11-7-15)28-14-21(25)29-18-12-8-16(9-13-18)24-22(26)19-4-2-3-5-20(19)23(24)27/h2-13H,14H2,1H3. The summed E-state index contributed by atoms with van der Waals surface area (Å²) in [6, 6.07) is 20.2. The number of hydrogen-bond donors (Lipinski definition) is 0. The van der Waals surface area contributed by atoms with Gasteiger partial charge in [0, 0.05) is 0 Å². The van der Waals surface area contributed by atoms with E-state index in [1.54, 1.807) is 48.5 Å². The SMILES string of the molecule is Cc1ccc(OCC(=O)Oc2ccc(N3C(=O)c4ccccc4C3=O)cc2)cc1. The highest BCUT2D eigenvalue weighted by molar-refractivity contribution is 6.34. The summed E-state index contributed by atoms with van der Waals surface area (Å²) in [5.74, 6) is -0.431. The molecule has 6 heteroatoms. The summed E-state index contributed by atoms with van der Waals surface area (Å²) in [5, 5.41) is 0. The predicted octanol–water partition coefficient (Wildman–Crippen LogP) is 3.78. The van der Waals surface area contributed by atoms with E-state index in [2.05, 4.69) is 0 Å². The fourth-order valence-electron chi connectivity index (χ4n) is 3.02. The zero-order valence-electron chi connectivity index (χ0n) is 15.6. The molecule has 0 radical (unpaired) electrons. The van der Waals surface area contributed by atoms with Crippen LogP contribution < -0.4 is 14.4 Å². The summed E-state index contributed by atoms with van der Waals surface area (Å²) < 4.78 is 10.6. The molecule has 6 nitrogen and oxygen atoms in total. The number of aryl methyl sites for hydroxylation is 1. The van der Waals surface area contributed by atoms with Crippen molar-refractivity contribution in [3.8, 4) is 11.5 Å². The molecule has 2 amide bonds. The number of fused-ring (bicyclic) bond motifs is 1. The minimum Gasteiger partial charge on any atom is -0.482 e. The van der Waals surface area contributed by atoms with Gasteiger partial charge in [-0.25, -0.2) is 9.69 Å². The smallest absolute Gasteiger partial charge is 0.349 e. The van der Waals surface area contributed by atoms with Gasteiger partial charge in [-0.1, -0.05) is 29.8 Å². The van der Waals surface area contributed by atoms with Crippen LogP contribution in [0.3, 0.4) is 0 Å². The van der Waals surface area contributed by atoms with E-state index < -0.39 is 5.97 Å². The fourth-order valence-corrected chi connectivity index (χ4v) is 3.02. The Kier molecular flexibility index (Phi) is 4.83. The Morgan fingerprint density at radius 3 is 1.93 bits per heavy atom. The van der Waals surface area contributed by atoms with Gasteiger partial charge >= 0.3 is 5.97 Å². The van der Waals surface area contributed by atoms with Crippen LogP contribution in [0.5, 0.6) is 11.5 Å². The van der Waals surface area contributed by atoms with Crippen LogP contribution in [0.15, 0.2) is 72.8 Å². The molecule has 0 N–H and O–H groups in total. The Morgan fingerprint density at radius 1 is 0.793 bits per heavy atom. The van der Waals surface area contributed by atoms with Crippen molar-refractivity contribution in [2.45, 2.75) is 6.92 Å². The van der Waals surface area contributed by atoms with Crippen LogP contribution in [0.2, 0.25) is 0 Å². The molecule has 3 aromatic carbocycles. The van der Waals surface area contributed by atoms with Crippen molar-refractivity contribution in [3.63, 3.8) is 0 Å². The summed E-state index contributed by atoms with van der Waals surface area (Å²) in [7, 11) is 0. The van der Waals surface area contributed by atoms with Crippen molar-refractivity contribution in [1.29, 1.82) is 0 Å². The van der Waals surface area contributed by atoms with Crippen molar-refractivity contribution >= 4 is 23.5 Å². The molecule has 29 heavy (non-hydrogen) atoms. The lowest BCUT2D eigenvalue weighted by Gasteiger charge is -2.14. The maximum atomic E-state index is 12.5. The maximum absolute atomic E-state index is 12.5. The molecule has 4 rings (SSSR count). The first-order valence-corrected chi connectivity index (χ1v) is 9.01. The Bertz CT molecular complexity index is 1050. The Hall–Kier alpha value is -3.93. The molecule has 0 spiro atoms. The molecule has 0 bridgehead atoms. The van der Waals surface area contributed by atoms with Crippen LogP contribution in [0.4, 0.5) is 5.69 Å². The summed E-state index contributed by atoms with van der Waals surface area (Å²) in [5.41, 5.74) is 2.26. The Labute approximate surface area is 167 Å². The van der Waals surface area contributed by atoms with Gasteiger partial charge in [-0.15, -0.1) is 0 Å². The van der Waals surface area contributed by atoms with Crippen LogP contribution in [0.25, 0.3) is 0 Å². The molecular weight excluding hydrogens is 370 g/mol. The van der Waals surface area contributed by atoms with E-state index in [4.69, 9.17) is 9.47 Å². The number of nitrogens with zero attached hydrogens (tertiary/aromatic N) is 1. The van der Waals surface area contributed by atoms with Crippen molar-refractivity contribution in [3.05, 3.63) is 89.5 Å². The first-order chi connectivity index (χ1) is 14.0. The molecular formula is C23H17NO5. The third kappa shape index (κ3) is 3.73. The van der Waals surface area contributed by atoms with Crippen LogP contribution >= 0.6 is 0 Å². The zero-order chi connectivity index (χ0) is 20.4. The minimum absolute atomic E-state index is 0.233. The van der Waals surface area contributed by atoms with Crippen LogP contribution in [-0.2, 0) is 4.79 Å². The van der Waals surface area contributed by atoms with Crippen molar-refractivity contribution in [2.75, 3.05) is 11.5 Å². The number of hydrogen-bond acceptors (Lipinski definition) is 5. The predicted molar refractivity (Wildman–Crippen MR) is 106 cm³/mol. The molecule has 1 aliphatic rings. The highest BCUT2D eigenvalue weighted by atomic mass is 16.6. The van der Waals surface area contributed by atoms with Gasteiger partial charge in [0.25, 0.3) is 11.8 Å². The van der Waals surface area contributed by atoms with Gasteiger partial charge in [-0.2, -0.15) is 0 Å². The fraction of sp³-hybridized carbons (Fsp3) is 0.0870. The summed E-state index contributed by atoms with van der Waals surface area (Å²) >= 11 is 0. The molecule has 0 saturated carbocycles. The quantitative estimate of drug-likeness (QED) is 0.378. The third-order valence-electron chi connectivity index (χ3n) is 4.50. The Balaban J connectivity index is 1.39. The van der Waals surface area contributed by atoms with Gasteiger partial charge in [0.2, 0.25) is 0 Å². The molecule has 0 aliphatic carbocycles. The summed E-state index contributed by atoms with van der Waals surface area (Å²) in [4.78, 5) is 38.1. The molecule has 0 aromatic heterocycles. The molecule has 0 fully saturated rings. The van der Waals surface area contributed by atoms with E-state index in [9.17, 15) is 14.4 Å². The Morgan fingerprint density at radius 2 is 1.34 bits per heavy atom. The zero-order valence-corrected chi connectivity index (χ0v) is 15.6. The summed E-state index contributed by atoms with van der Waals surface area (Å²) in [6.07, 6.45) is 0. The molecule has 144 valence electrons. The van der Waals surface area contributed by atoms with E-state index >= 15 is 0 Å². The molecule has 3 aromatic rings. The number of amides is 2. The number of imide groups is 1. The molecule has 0 unspecified atom stereocenters. The lowest BCUT2D eigenvalue weighted by Crippen LogP contribution is -2.29. The number of esters is 1. The van der Waals surface area contributed by atoms with Gasteiger partial charge in [0.15, 0.2) is 6.61 Å². The van der Waals surface area contributed by atoms with Crippen molar-refractivity contribution in [2.24, 2.45) is 0 Å². The topological polar surface area (TPSA) is 72.9 Å². The van der Waals surface area contributed by atoms with Gasteiger partial charge in [0.1, 0.15) is 11.5 Å². The van der Waals surface area contributed by atoms with E-state index in [1.807, 2.05) is 19.1 Å². The average molecular weight is 387 g/mol. The normalized spacial score (nSPS) is 12.7. The van der Waals surface area contributed by atoms with Crippen molar-refractivity contribution in [1.82, 2.24) is 0 Å². The van der Waals surface area contributed by atoms with E-state index in [0.717, 1.165) is 10.5 Å². The number of anilines is 1. The second-order valence-electron chi connectivity index (χ2n) is 6.56. The third-order valence-corrected chi connectivity index (χ3v) is 4.50. The second kappa shape index (κ2) is 7.59. The lowest BCUT2D eigenvalue weighted by molar-refractivity contribution is -0.136. The number of carbonyl (C=O) groups is 3. The largest absolute Gasteiger partial charge is 0.482 e. The average Bonchev–Trinajstić information content (AvgIpc) is 2.99. The molecule has 0 atom stereocenters. The molecule has 1 aliphatic heterocycles. The van der Waals surface area contributed by atoms with Gasteiger partial charge in [0.05, 0.1) is 16.8 Å². The number of ether oxygens (including phenoxy) is 2. The number of carbonyl (C=O) groups excluding carboxylic acids is 3. The number of rotatable bonds is 5. The van der Waals surface area contributed by atoms with Crippen molar-refractivity contribution < 1.29 is 23.9 Å². The first-order valence-electron chi connectivity index (χ1n) is 9.01. The van der Waals surface area contributed by atoms with Crippen LogP contribution in [-0.4, -0.2) is 24.4 Å². The van der Waals surface area contributed by atoms with E-state index in [1.165, 1.54) is 12.1 Å². The summed E-state index contributed by atoms with van der Waals surface area (Å²) in [6.45, 7) is 1.73. The van der Waals surface area contributed by atoms with Crippen LogP contribution in [0.1, 0.15) is 26.3 Å². The van der Waals surface area contributed by atoms with Gasteiger partial charge < -0.3 is 9.47 Å². The minimum atomic E-state index is -0.556. The molecule has 0 saturated heterocycles. The highest BCUT2D eigenvalue weighted by Crippen LogP contribution is 2.29. The lowest BCUT2D eigenvalue weighted by atomic mass is 10.1. The maximum Gasteiger partial charge on any atom is 0.349 e. The molecule has 1 heterocycles.